The Balaban J connectivity index is 0.554. The highest BCUT2D eigenvalue weighted by Crippen LogP contribution is 2.57. The van der Waals surface area contributed by atoms with Crippen LogP contribution in [0.2, 0.25) is 0 Å². The van der Waals surface area contributed by atoms with E-state index in [-0.39, 0.29) is 105 Å². The molecule has 0 spiro atoms. The second-order valence-corrected chi connectivity index (χ2v) is 39.5. The molecule has 6 saturated heterocycles. The van der Waals surface area contributed by atoms with E-state index in [1.807, 2.05) is 24.3 Å². The minimum Gasteiger partial charge on any atom is -0.390 e. The van der Waals surface area contributed by atoms with Crippen LogP contribution in [0.5, 0.6) is 0 Å². The van der Waals surface area contributed by atoms with Crippen LogP contribution in [0.1, 0.15) is 98.7 Å². The molecule has 139 heavy (non-hydrogen) atoms. The summed E-state index contributed by atoms with van der Waals surface area (Å²) in [7, 11) is -27.7. The van der Waals surface area contributed by atoms with Crippen LogP contribution in [0, 0.1) is 6.92 Å². The number of aryl methyl sites for hydroxylation is 1. The monoisotopic (exact) mass is 2040 g/mol. The molecule has 19 rings (SSSR count). The van der Waals surface area contributed by atoms with Gasteiger partial charge in [-0.05, 0) is 18.1 Å². The molecule has 11 aromatic heterocycles. The third-order valence-corrected chi connectivity index (χ3v) is 28.4. The molecule has 2 aromatic carbocycles. The largest absolute Gasteiger partial charge is 0.472 e. The first kappa shape index (κ1) is 96.2. The molecule has 0 amide bonds. The fourth-order valence-corrected chi connectivity index (χ4v) is 21.7. The molecule has 0 bridgehead atoms. The molecular formula is C73H84N27O34P5. The van der Waals surface area contributed by atoms with Gasteiger partial charge in [-0.3, -0.25) is 122 Å². The van der Waals surface area contributed by atoms with E-state index in [9.17, 15) is 81.2 Å². The zero-order valence-electron chi connectivity index (χ0n) is 71.6. The zero-order valence-corrected chi connectivity index (χ0v) is 76.1. The maximum absolute atomic E-state index is 14.8. The third kappa shape index (κ3) is 20.7. The van der Waals surface area contributed by atoms with E-state index in [4.69, 9.17) is 107 Å². The van der Waals surface area contributed by atoms with Gasteiger partial charge in [-0.15, -0.1) is 0 Å². The molecule has 66 heteroatoms. The van der Waals surface area contributed by atoms with E-state index in [1.54, 1.807) is 36.4 Å². The standard InChI is InChI=1S/C73H84N27O34P5/c1-31-18-95(73(107)94-64(31)102)47-13-35(41(125-47)19-118-57(32-8-4-2-5-9-32)33-10-6-3-7-11-33)130-136(110,111)120-22-43-37(15-49(127-43)98-28-83-54-61(98)87-70(76)91-66(54)104)133-138(114,115)122-24-45-39(17-51(129-45)100-30-85-56-63(100)89-72(78)93-68(56)106)134-139(116,117)123-23-44-38(16-50(128-44)99-29-84-55-62(99)88-71(77)92-67(55)105)132-137(112,113)121-21-42-36(14-48(126-42)96-26-81-52-58(74)79-25-80-59(52)96)131-135(108,109)119-20-40-34(101)12-46(124-40)97-27-82-53-60(97)86-69(75)90-65(53)103/h2-11,18,25-30,34-51,57,101H,12-17,19-24H2,1H3,(H,108,109)(H,110,111)(H,112,113)(H,114,115)(H,116,117)(H2,74,79,80)(H,94,102,107)(H3,75,86,90,103)(H3,76,87,91,104)(H3,77,88,92,105)(H3,78,89,93,106)/t34-,35-,36-,37-,38-,39-,40+,41+,42+,43+,44+,45+,46+,47+,48+,49+,50+,51+/m0/s1. The number of aliphatic hydroxyl groups is 1. The van der Waals surface area contributed by atoms with Gasteiger partial charge in [0.25, 0.3) is 27.8 Å². The fraction of sp³-hybridized carbons (Fsp3) is 0.438. The van der Waals surface area contributed by atoms with E-state index < -0.39 is 254 Å². The molecule has 6 aliphatic rings. The molecule has 0 saturated carbocycles. The summed E-state index contributed by atoms with van der Waals surface area (Å²) in [6.07, 6.45) is -22.2. The van der Waals surface area contributed by atoms with Crippen molar-refractivity contribution in [3.8, 4) is 0 Å². The molecule has 23 atom stereocenters. The second-order valence-electron chi connectivity index (χ2n) is 32.5. The lowest BCUT2D eigenvalue weighted by Gasteiger charge is -2.26. The van der Waals surface area contributed by atoms with Gasteiger partial charge in [0, 0.05) is 50.3 Å². The second kappa shape index (κ2) is 38.4. The van der Waals surface area contributed by atoms with Gasteiger partial charge >= 0.3 is 44.8 Å². The zero-order chi connectivity index (χ0) is 97.6. The molecule has 0 aliphatic carbocycles. The number of fused-ring (bicyclic) bond motifs is 5. The molecule has 6 aliphatic heterocycles. The van der Waals surface area contributed by atoms with Gasteiger partial charge in [-0.1, -0.05) is 60.7 Å². The van der Waals surface area contributed by atoms with Crippen molar-refractivity contribution in [2.75, 3.05) is 68.3 Å². The van der Waals surface area contributed by atoms with Crippen molar-refractivity contribution in [3.05, 3.63) is 184 Å². The average Bonchev–Trinajstić information content (AvgIpc) is 1.65. The summed E-state index contributed by atoms with van der Waals surface area (Å²) in [4.78, 5) is 193. The summed E-state index contributed by atoms with van der Waals surface area (Å²) in [5.41, 5.74) is 25.3. The van der Waals surface area contributed by atoms with E-state index >= 15 is 0 Å². The number of anilines is 5. The molecule has 0 radical (unpaired) electrons. The molecular weight excluding hydrogens is 1950 g/mol. The van der Waals surface area contributed by atoms with Crippen molar-refractivity contribution >= 4 is 125 Å². The fourth-order valence-electron chi connectivity index (χ4n) is 16.9. The van der Waals surface area contributed by atoms with Gasteiger partial charge in [-0.25, -0.2) is 62.5 Å². The summed E-state index contributed by atoms with van der Waals surface area (Å²) in [5, 5.41) is 11.1. The topological polar surface area (TPSA) is 846 Å². The number of aliphatic hydroxyl groups excluding tert-OH is 1. The first-order chi connectivity index (χ1) is 66.3. The van der Waals surface area contributed by atoms with Gasteiger partial charge < -0.3 is 91.4 Å². The van der Waals surface area contributed by atoms with Crippen molar-refractivity contribution in [2.45, 2.75) is 162 Å². The maximum atomic E-state index is 14.8. The lowest BCUT2D eigenvalue weighted by molar-refractivity contribution is -0.0776. The number of phosphoric ester groups is 5. The highest BCUT2D eigenvalue weighted by atomic mass is 31.2. The maximum Gasteiger partial charge on any atom is 0.472 e. The number of imidazole rings is 5. The Morgan fingerprint density at radius 1 is 0.367 bits per heavy atom. The van der Waals surface area contributed by atoms with Gasteiger partial charge in [-0.2, -0.15) is 19.9 Å². The van der Waals surface area contributed by atoms with Crippen molar-refractivity contribution < 1.29 is 131 Å². The number of nitrogens with two attached hydrogens (primary N) is 5. The number of ether oxygens (including phenoxy) is 7. The van der Waals surface area contributed by atoms with Gasteiger partial charge in [0.05, 0.1) is 77.4 Å². The summed E-state index contributed by atoms with van der Waals surface area (Å²) in [6, 6.07) is 18.1. The Morgan fingerprint density at radius 2 is 0.655 bits per heavy atom. The highest BCUT2D eigenvalue weighted by Gasteiger charge is 2.52. The Bertz CT molecular complexity index is 7430. The minimum atomic E-state index is -5.70. The number of nitrogen functional groups attached to an aromatic ring is 5. The number of hydrogen-bond donors (Lipinski definition) is 16. The van der Waals surface area contributed by atoms with Crippen LogP contribution in [0.3, 0.4) is 0 Å². The van der Waals surface area contributed by atoms with Crippen LogP contribution in [0.25, 0.3) is 55.8 Å². The molecule has 5 unspecified atom stereocenters. The van der Waals surface area contributed by atoms with Gasteiger partial charge in [0.1, 0.15) is 122 Å². The van der Waals surface area contributed by atoms with Crippen molar-refractivity contribution in [1.29, 1.82) is 0 Å². The highest BCUT2D eigenvalue weighted by molar-refractivity contribution is 7.48. The number of benzene rings is 2. The minimum absolute atomic E-state index is 0.00218. The lowest BCUT2D eigenvalue weighted by atomic mass is 10.0. The molecule has 740 valence electrons. The Morgan fingerprint density at radius 3 is 0.993 bits per heavy atom. The number of phosphoric acid groups is 5. The first-order valence-electron chi connectivity index (χ1n) is 42.0. The smallest absolute Gasteiger partial charge is 0.390 e. The summed E-state index contributed by atoms with van der Waals surface area (Å²) in [5.74, 6) is -1.46. The third-order valence-electron chi connectivity index (χ3n) is 23.3. The van der Waals surface area contributed by atoms with E-state index in [0.29, 0.717) is 11.1 Å². The number of hydrogen-bond acceptors (Lipinski definition) is 45. The van der Waals surface area contributed by atoms with Crippen LogP contribution >= 0.6 is 39.1 Å². The van der Waals surface area contributed by atoms with Crippen LogP contribution in [0.15, 0.2) is 134 Å². The van der Waals surface area contributed by atoms with Crippen LogP contribution < -0.4 is 62.2 Å². The number of aromatic nitrogens is 22. The van der Waals surface area contributed by atoms with E-state index in [0.717, 1.165) is 39.0 Å². The van der Waals surface area contributed by atoms with Crippen LogP contribution in [-0.2, 0) is 101 Å². The summed E-state index contributed by atoms with van der Waals surface area (Å²) >= 11 is 0. The Kier molecular flexibility index (Phi) is 26.6. The normalized spacial score (nSPS) is 27.3. The quantitative estimate of drug-likeness (QED) is 0.0238. The lowest BCUT2D eigenvalue weighted by Crippen LogP contribution is -2.33. The molecule has 21 N–H and O–H groups in total. The first-order valence-corrected chi connectivity index (χ1v) is 49.5. The molecule has 17 heterocycles. The van der Waals surface area contributed by atoms with Crippen molar-refractivity contribution in [2.24, 2.45) is 0 Å². The van der Waals surface area contributed by atoms with Crippen molar-refractivity contribution in [1.82, 2.24) is 107 Å². The summed E-state index contributed by atoms with van der Waals surface area (Å²) < 4.78 is 181. The predicted octanol–water partition coefficient (Wildman–Crippen LogP) is 0.532. The van der Waals surface area contributed by atoms with Crippen LogP contribution in [-0.4, -0.2) is 250 Å². The number of H-pyrrole nitrogens is 5. The molecule has 6 fully saturated rings. The number of nitrogens with one attached hydrogen (secondary N) is 5. The molecule has 61 nitrogen and oxygen atoms in total. The average molecular weight is 2040 g/mol. The Hall–Kier alpha value is -11.7. The predicted molar refractivity (Wildman–Crippen MR) is 467 cm³/mol. The number of nitrogens with zero attached hydrogens (tertiary/aromatic N) is 17. The van der Waals surface area contributed by atoms with Crippen LogP contribution in [0.4, 0.5) is 29.6 Å². The van der Waals surface area contributed by atoms with Crippen molar-refractivity contribution in [3.63, 3.8) is 0 Å². The van der Waals surface area contributed by atoms with Gasteiger partial charge in [0.2, 0.25) is 23.8 Å². The van der Waals surface area contributed by atoms with E-state index in [1.165, 1.54) is 39.5 Å². The SMILES string of the molecule is Cc1cn([C@H]2C[C@H](OP(=O)(O)OC[C@H]3O[C@@H](n4cnc5c(=O)[nH]c(N)nc54)C[C@@H]3OP(=O)(O)OC[C@H]3O[C@@H](n4cnc5c(=O)[nH]c(N)nc54)C[C@@H]3OP(=O)(O)OC[C@H]3O[C@@H](n4cnc5c(=O)[nH]c(N)nc54)C[C@@H]3OP(=O)(O)OC[C@H]3O[C@@H](n4cnc5c(N)ncnc54)C[C@@H]3OP(=O)(O)OC[C@H]3O[C@@H](n4cnc5c(=O)[nH]c(N)nc54)C[C@@H]3O)[C@@H](COC(c3ccccc3)c3ccccc3)O2)c(=O)[nH]c1=O. The number of aromatic amines is 5. The molecule has 13 aromatic rings. The van der Waals surface area contributed by atoms with E-state index in [2.05, 4.69) is 79.7 Å². The Labute approximate surface area is 773 Å². The summed E-state index contributed by atoms with van der Waals surface area (Å²) in [6.45, 7) is -4.03. The van der Waals surface area contributed by atoms with Gasteiger partial charge in [0.15, 0.2) is 56.1 Å². The number of rotatable bonds is 36.